The molecule has 0 fully saturated rings. The van der Waals surface area contributed by atoms with Gasteiger partial charge in [0.25, 0.3) is 0 Å². The molecular weight excluding hydrogens is 190 g/mol. The molecule has 1 heterocycles. The molecule has 0 spiro atoms. The van der Waals surface area contributed by atoms with Gasteiger partial charge < -0.3 is 9.73 Å². The lowest BCUT2D eigenvalue weighted by Crippen LogP contribution is -2.13. The Kier molecular flexibility index (Phi) is 5.32. The molecule has 4 heteroatoms. The highest BCUT2D eigenvalue weighted by Gasteiger charge is 2.12. The van der Waals surface area contributed by atoms with Gasteiger partial charge >= 0.3 is 0 Å². The summed E-state index contributed by atoms with van der Waals surface area (Å²) in [7, 11) is 0. The predicted octanol–water partition coefficient (Wildman–Crippen LogP) is 2.47. The van der Waals surface area contributed by atoms with Crippen LogP contribution in [0.15, 0.2) is 4.42 Å². The van der Waals surface area contributed by atoms with Crippen LogP contribution in [0, 0.1) is 0 Å². The van der Waals surface area contributed by atoms with Crippen LogP contribution in [0.5, 0.6) is 0 Å². The third kappa shape index (κ3) is 4.00. The van der Waals surface area contributed by atoms with Crippen molar-refractivity contribution in [2.45, 2.75) is 52.5 Å². The zero-order valence-electron chi connectivity index (χ0n) is 9.92. The minimum atomic E-state index is 0.377. The van der Waals surface area contributed by atoms with Gasteiger partial charge in [0, 0.05) is 5.92 Å². The maximum Gasteiger partial charge on any atom is 0.230 e. The summed E-state index contributed by atoms with van der Waals surface area (Å²) in [4.78, 5) is 0. The SMILES string of the molecule is CCCNCc1nnc(C(C)CCC)o1. The van der Waals surface area contributed by atoms with E-state index < -0.39 is 0 Å². The molecule has 0 aromatic carbocycles. The molecule has 0 saturated carbocycles. The van der Waals surface area contributed by atoms with Gasteiger partial charge in [0.1, 0.15) is 0 Å². The van der Waals surface area contributed by atoms with Gasteiger partial charge in [-0.1, -0.05) is 27.2 Å². The van der Waals surface area contributed by atoms with Gasteiger partial charge in [-0.15, -0.1) is 10.2 Å². The molecule has 1 N–H and O–H groups in total. The molecule has 0 aliphatic rings. The molecule has 0 aliphatic heterocycles. The fourth-order valence-electron chi connectivity index (χ4n) is 1.47. The first-order valence-electron chi connectivity index (χ1n) is 5.80. The molecule has 86 valence electrons. The first-order chi connectivity index (χ1) is 7.27. The molecule has 0 aliphatic carbocycles. The summed E-state index contributed by atoms with van der Waals surface area (Å²) in [5, 5.41) is 11.3. The first-order valence-corrected chi connectivity index (χ1v) is 5.80. The van der Waals surface area contributed by atoms with Gasteiger partial charge in [0.2, 0.25) is 11.8 Å². The Morgan fingerprint density at radius 2 is 2.07 bits per heavy atom. The second-order valence-corrected chi connectivity index (χ2v) is 3.90. The lowest BCUT2D eigenvalue weighted by atomic mass is 10.1. The standard InChI is InChI=1S/C11H21N3O/c1-4-6-9(3)11-14-13-10(15-11)8-12-7-5-2/h9,12H,4-8H2,1-3H3. The van der Waals surface area contributed by atoms with E-state index in [1.807, 2.05) is 0 Å². The maximum atomic E-state index is 5.56. The van der Waals surface area contributed by atoms with Crippen LogP contribution < -0.4 is 5.32 Å². The highest BCUT2D eigenvalue weighted by molar-refractivity contribution is 4.88. The van der Waals surface area contributed by atoms with Gasteiger partial charge in [-0.3, -0.25) is 0 Å². The molecule has 15 heavy (non-hydrogen) atoms. The number of nitrogens with zero attached hydrogens (tertiary/aromatic N) is 2. The lowest BCUT2D eigenvalue weighted by Gasteiger charge is -2.02. The van der Waals surface area contributed by atoms with Gasteiger partial charge in [-0.05, 0) is 19.4 Å². The number of nitrogens with one attached hydrogen (secondary N) is 1. The molecule has 1 aromatic heterocycles. The summed E-state index contributed by atoms with van der Waals surface area (Å²) in [6.45, 7) is 8.09. The summed E-state index contributed by atoms with van der Waals surface area (Å²) in [6, 6.07) is 0. The van der Waals surface area contributed by atoms with Gasteiger partial charge in [-0.2, -0.15) is 0 Å². The minimum absolute atomic E-state index is 0.377. The molecule has 0 amide bonds. The summed E-state index contributed by atoms with van der Waals surface area (Å²) in [5.41, 5.74) is 0. The van der Waals surface area contributed by atoms with Gasteiger partial charge in [0.15, 0.2) is 0 Å². The number of hydrogen-bond acceptors (Lipinski definition) is 4. The molecule has 1 unspecified atom stereocenters. The van der Waals surface area contributed by atoms with Crippen LogP contribution in [0.2, 0.25) is 0 Å². The molecule has 1 aromatic rings. The van der Waals surface area contributed by atoms with Crippen LogP contribution in [0.4, 0.5) is 0 Å². The van der Waals surface area contributed by atoms with E-state index in [-0.39, 0.29) is 0 Å². The topological polar surface area (TPSA) is 51.0 Å². The molecule has 0 radical (unpaired) electrons. The summed E-state index contributed by atoms with van der Waals surface area (Å²) >= 11 is 0. The predicted molar refractivity (Wildman–Crippen MR) is 59.6 cm³/mol. The molecule has 4 nitrogen and oxygen atoms in total. The Labute approximate surface area is 91.5 Å². The van der Waals surface area contributed by atoms with E-state index in [1.165, 1.54) is 0 Å². The Balaban J connectivity index is 2.41. The van der Waals surface area contributed by atoms with Gasteiger partial charge in [-0.25, -0.2) is 0 Å². The molecule has 0 saturated heterocycles. The van der Waals surface area contributed by atoms with Crippen molar-refractivity contribution >= 4 is 0 Å². The highest BCUT2D eigenvalue weighted by Crippen LogP contribution is 2.18. The largest absolute Gasteiger partial charge is 0.424 e. The van der Waals surface area contributed by atoms with E-state index in [0.29, 0.717) is 18.4 Å². The first kappa shape index (κ1) is 12.2. The van der Waals surface area contributed by atoms with E-state index in [2.05, 4.69) is 36.3 Å². The number of hydrogen-bond donors (Lipinski definition) is 1. The van der Waals surface area contributed by atoms with Crippen LogP contribution in [-0.4, -0.2) is 16.7 Å². The monoisotopic (exact) mass is 211 g/mol. The highest BCUT2D eigenvalue weighted by atomic mass is 16.4. The van der Waals surface area contributed by atoms with Crippen molar-refractivity contribution in [2.75, 3.05) is 6.54 Å². The average molecular weight is 211 g/mol. The smallest absolute Gasteiger partial charge is 0.230 e. The van der Waals surface area contributed by atoms with Crippen LogP contribution in [0.25, 0.3) is 0 Å². The second-order valence-electron chi connectivity index (χ2n) is 3.90. The Bertz CT molecular complexity index is 273. The normalized spacial score (nSPS) is 13.0. The van der Waals surface area contributed by atoms with Crippen molar-refractivity contribution in [3.05, 3.63) is 11.8 Å². The van der Waals surface area contributed by atoms with Crippen LogP contribution in [0.1, 0.15) is 57.7 Å². The third-order valence-electron chi connectivity index (χ3n) is 2.33. The van der Waals surface area contributed by atoms with E-state index in [9.17, 15) is 0 Å². The number of rotatable bonds is 7. The van der Waals surface area contributed by atoms with E-state index >= 15 is 0 Å². The van der Waals surface area contributed by atoms with E-state index in [0.717, 1.165) is 31.7 Å². The van der Waals surface area contributed by atoms with Crippen molar-refractivity contribution in [1.29, 1.82) is 0 Å². The minimum Gasteiger partial charge on any atom is -0.424 e. The lowest BCUT2D eigenvalue weighted by molar-refractivity contribution is 0.402. The van der Waals surface area contributed by atoms with Crippen molar-refractivity contribution < 1.29 is 4.42 Å². The summed E-state index contributed by atoms with van der Waals surface area (Å²) in [5.74, 6) is 1.84. The molecular formula is C11H21N3O. The molecule has 1 rings (SSSR count). The Morgan fingerprint density at radius 3 is 2.73 bits per heavy atom. The summed E-state index contributed by atoms with van der Waals surface area (Å²) < 4.78 is 5.56. The van der Waals surface area contributed by atoms with Crippen LogP contribution >= 0.6 is 0 Å². The third-order valence-corrected chi connectivity index (χ3v) is 2.33. The average Bonchev–Trinajstić information content (AvgIpc) is 2.67. The van der Waals surface area contributed by atoms with Crippen LogP contribution in [-0.2, 0) is 6.54 Å². The van der Waals surface area contributed by atoms with E-state index in [4.69, 9.17) is 4.42 Å². The maximum absolute atomic E-state index is 5.56. The Morgan fingerprint density at radius 1 is 1.27 bits per heavy atom. The van der Waals surface area contributed by atoms with Crippen molar-refractivity contribution in [3.63, 3.8) is 0 Å². The Hall–Kier alpha value is -0.900. The molecule has 1 atom stereocenters. The summed E-state index contributed by atoms with van der Waals surface area (Å²) in [6.07, 6.45) is 3.37. The quantitative estimate of drug-likeness (QED) is 0.704. The van der Waals surface area contributed by atoms with Crippen molar-refractivity contribution in [2.24, 2.45) is 0 Å². The second kappa shape index (κ2) is 6.56. The zero-order chi connectivity index (χ0) is 11.1. The van der Waals surface area contributed by atoms with Crippen LogP contribution in [0.3, 0.4) is 0 Å². The molecule has 0 bridgehead atoms. The fourth-order valence-corrected chi connectivity index (χ4v) is 1.47. The van der Waals surface area contributed by atoms with E-state index in [1.54, 1.807) is 0 Å². The fraction of sp³-hybridized carbons (Fsp3) is 0.818. The zero-order valence-corrected chi connectivity index (χ0v) is 9.92. The van der Waals surface area contributed by atoms with Gasteiger partial charge in [0.05, 0.1) is 6.54 Å². The number of aromatic nitrogens is 2. The van der Waals surface area contributed by atoms with Crippen molar-refractivity contribution in [1.82, 2.24) is 15.5 Å². The van der Waals surface area contributed by atoms with Crippen molar-refractivity contribution in [3.8, 4) is 0 Å².